The van der Waals surface area contributed by atoms with Crippen molar-refractivity contribution in [1.29, 1.82) is 0 Å². The van der Waals surface area contributed by atoms with Crippen LogP contribution in [0.15, 0.2) is 47.4 Å². The Morgan fingerprint density at radius 2 is 1.78 bits per heavy atom. The van der Waals surface area contributed by atoms with E-state index in [-0.39, 0.29) is 11.4 Å². The Kier molecular flexibility index (Phi) is 4.23. The molecule has 0 heterocycles. The lowest BCUT2D eigenvalue weighted by molar-refractivity contribution is 0.0567. The van der Waals surface area contributed by atoms with E-state index in [0.717, 1.165) is 16.7 Å². The molecule has 0 atom stereocenters. The van der Waals surface area contributed by atoms with E-state index in [1.54, 1.807) is 6.07 Å². The molecule has 0 spiro atoms. The summed E-state index contributed by atoms with van der Waals surface area (Å²) in [6.45, 7) is 1.78. The third-order valence-electron chi connectivity index (χ3n) is 4.20. The molecule has 2 aromatic rings. The van der Waals surface area contributed by atoms with E-state index in [2.05, 4.69) is 4.72 Å². The SMILES string of the molecule is Cc1ccc(S(=O)(=O)NCC2(O)Cc3ccccc3C2)cc1Cl. The quantitative estimate of drug-likeness (QED) is 0.889. The van der Waals surface area contributed by atoms with Gasteiger partial charge in [0.25, 0.3) is 0 Å². The minimum absolute atomic E-state index is 0.0322. The second kappa shape index (κ2) is 5.91. The molecule has 0 aliphatic heterocycles. The Morgan fingerprint density at radius 3 is 2.35 bits per heavy atom. The van der Waals surface area contributed by atoms with Gasteiger partial charge in [-0.05, 0) is 35.7 Å². The van der Waals surface area contributed by atoms with E-state index in [4.69, 9.17) is 11.6 Å². The molecule has 23 heavy (non-hydrogen) atoms. The van der Waals surface area contributed by atoms with Gasteiger partial charge in [0.15, 0.2) is 0 Å². The molecule has 1 aliphatic rings. The summed E-state index contributed by atoms with van der Waals surface area (Å²) in [7, 11) is -3.71. The van der Waals surface area contributed by atoms with Crippen LogP contribution in [-0.2, 0) is 22.9 Å². The van der Waals surface area contributed by atoms with Crippen molar-refractivity contribution in [2.24, 2.45) is 0 Å². The lowest BCUT2D eigenvalue weighted by atomic mass is 10.0. The highest BCUT2D eigenvalue weighted by Gasteiger charge is 2.36. The highest BCUT2D eigenvalue weighted by atomic mass is 35.5. The van der Waals surface area contributed by atoms with Crippen molar-refractivity contribution < 1.29 is 13.5 Å². The average molecular weight is 352 g/mol. The molecule has 0 bridgehead atoms. The average Bonchev–Trinajstić information content (AvgIpc) is 2.85. The molecule has 6 heteroatoms. The maximum atomic E-state index is 12.4. The molecular weight excluding hydrogens is 334 g/mol. The summed E-state index contributed by atoms with van der Waals surface area (Å²) < 4.78 is 27.3. The molecule has 0 aromatic heterocycles. The fourth-order valence-electron chi connectivity index (χ4n) is 2.85. The second-order valence-corrected chi connectivity index (χ2v) is 8.26. The van der Waals surface area contributed by atoms with Gasteiger partial charge < -0.3 is 5.11 Å². The molecule has 1 aliphatic carbocycles. The number of nitrogens with one attached hydrogen (secondary N) is 1. The van der Waals surface area contributed by atoms with Crippen molar-refractivity contribution in [2.45, 2.75) is 30.3 Å². The van der Waals surface area contributed by atoms with E-state index >= 15 is 0 Å². The van der Waals surface area contributed by atoms with Gasteiger partial charge in [0.2, 0.25) is 10.0 Å². The zero-order valence-electron chi connectivity index (χ0n) is 12.7. The van der Waals surface area contributed by atoms with Gasteiger partial charge in [-0.3, -0.25) is 0 Å². The maximum Gasteiger partial charge on any atom is 0.240 e. The molecule has 0 radical (unpaired) electrons. The summed E-state index contributed by atoms with van der Waals surface area (Å²) in [6.07, 6.45) is 0.890. The molecule has 0 amide bonds. The van der Waals surface area contributed by atoms with E-state index in [0.29, 0.717) is 17.9 Å². The van der Waals surface area contributed by atoms with Gasteiger partial charge in [0.05, 0.1) is 10.5 Å². The van der Waals surface area contributed by atoms with Crippen molar-refractivity contribution in [3.63, 3.8) is 0 Å². The van der Waals surface area contributed by atoms with Crippen LogP contribution in [0.5, 0.6) is 0 Å². The molecule has 2 N–H and O–H groups in total. The largest absolute Gasteiger partial charge is 0.388 e. The third-order valence-corrected chi connectivity index (χ3v) is 6.01. The summed E-state index contributed by atoms with van der Waals surface area (Å²) in [5.41, 5.74) is 1.85. The van der Waals surface area contributed by atoms with Crippen LogP contribution in [-0.4, -0.2) is 25.7 Å². The van der Waals surface area contributed by atoms with Gasteiger partial charge >= 0.3 is 0 Å². The Balaban J connectivity index is 1.74. The standard InChI is InChI=1S/C17H18ClNO3S/c1-12-6-7-15(8-16(12)18)23(21,22)19-11-17(20)9-13-4-2-3-5-14(13)10-17/h2-8,19-20H,9-11H2,1H3. The second-order valence-electron chi connectivity index (χ2n) is 6.08. The van der Waals surface area contributed by atoms with Crippen LogP contribution >= 0.6 is 11.6 Å². The van der Waals surface area contributed by atoms with Crippen molar-refractivity contribution in [2.75, 3.05) is 6.54 Å². The van der Waals surface area contributed by atoms with Gasteiger partial charge in [-0.15, -0.1) is 0 Å². The fraction of sp³-hybridized carbons (Fsp3) is 0.294. The molecule has 3 rings (SSSR count). The number of hydrogen-bond acceptors (Lipinski definition) is 3. The molecule has 4 nitrogen and oxygen atoms in total. The smallest absolute Gasteiger partial charge is 0.240 e. The van der Waals surface area contributed by atoms with Crippen LogP contribution in [0.1, 0.15) is 16.7 Å². The normalized spacial score (nSPS) is 16.3. The van der Waals surface area contributed by atoms with Crippen molar-refractivity contribution in [3.8, 4) is 0 Å². The van der Waals surface area contributed by atoms with Crippen molar-refractivity contribution >= 4 is 21.6 Å². The number of hydrogen-bond donors (Lipinski definition) is 2. The number of benzene rings is 2. The third kappa shape index (κ3) is 3.43. The van der Waals surface area contributed by atoms with Gasteiger partial charge in [-0.1, -0.05) is 41.9 Å². The summed E-state index contributed by atoms with van der Waals surface area (Å²) in [5, 5.41) is 11.1. The Hall–Kier alpha value is -1.40. The summed E-state index contributed by atoms with van der Waals surface area (Å²) in [5.74, 6) is 0. The van der Waals surface area contributed by atoms with E-state index in [1.165, 1.54) is 12.1 Å². The molecule has 2 aromatic carbocycles. The number of rotatable bonds is 4. The van der Waals surface area contributed by atoms with E-state index in [9.17, 15) is 13.5 Å². The Morgan fingerprint density at radius 1 is 1.17 bits per heavy atom. The highest BCUT2D eigenvalue weighted by molar-refractivity contribution is 7.89. The number of aryl methyl sites for hydroxylation is 1. The lowest BCUT2D eigenvalue weighted by Gasteiger charge is -2.22. The zero-order chi connectivity index (χ0) is 16.7. The number of aliphatic hydroxyl groups is 1. The Labute approximate surface area is 141 Å². The van der Waals surface area contributed by atoms with Crippen LogP contribution < -0.4 is 4.72 Å². The van der Waals surface area contributed by atoms with Gasteiger partial charge in [-0.25, -0.2) is 13.1 Å². The molecule has 0 unspecified atom stereocenters. The topological polar surface area (TPSA) is 66.4 Å². The first-order valence-electron chi connectivity index (χ1n) is 7.34. The predicted molar refractivity (Wildman–Crippen MR) is 90.2 cm³/mol. The van der Waals surface area contributed by atoms with Crippen LogP contribution in [0.3, 0.4) is 0 Å². The molecule has 0 fully saturated rings. The first-order chi connectivity index (χ1) is 10.8. The van der Waals surface area contributed by atoms with Crippen LogP contribution in [0.2, 0.25) is 5.02 Å². The van der Waals surface area contributed by atoms with Gasteiger partial charge in [-0.2, -0.15) is 0 Å². The van der Waals surface area contributed by atoms with Crippen LogP contribution in [0, 0.1) is 6.92 Å². The maximum absolute atomic E-state index is 12.4. The highest BCUT2D eigenvalue weighted by Crippen LogP contribution is 2.30. The van der Waals surface area contributed by atoms with E-state index < -0.39 is 15.6 Å². The monoisotopic (exact) mass is 351 g/mol. The minimum Gasteiger partial charge on any atom is -0.388 e. The molecule has 0 saturated carbocycles. The first-order valence-corrected chi connectivity index (χ1v) is 9.20. The summed E-state index contributed by atoms with van der Waals surface area (Å²) in [6, 6.07) is 12.4. The summed E-state index contributed by atoms with van der Waals surface area (Å²) in [4.78, 5) is 0.104. The van der Waals surface area contributed by atoms with E-state index in [1.807, 2.05) is 31.2 Å². The first kappa shape index (κ1) is 16.5. The molecular formula is C17H18ClNO3S. The van der Waals surface area contributed by atoms with Gasteiger partial charge in [0, 0.05) is 24.4 Å². The molecule has 122 valence electrons. The molecule has 0 saturated heterocycles. The van der Waals surface area contributed by atoms with Crippen LogP contribution in [0.4, 0.5) is 0 Å². The Bertz CT molecular complexity index is 824. The number of sulfonamides is 1. The zero-order valence-corrected chi connectivity index (χ0v) is 14.3. The minimum atomic E-state index is -3.71. The van der Waals surface area contributed by atoms with Gasteiger partial charge in [0.1, 0.15) is 0 Å². The summed E-state index contributed by atoms with van der Waals surface area (Å²) >= 11 is 5.99. The van der Waals surface area contributed by atoms with Crippen LogP contribution in [0.25, 0.3) is 0 Å². The number of fused-ring (bicyclic) bond motifs is 1. The predicted octanol–water partition coefficient (Wildman–Crippen LogP) is 2.46. The lowest BCUT2D eigenvalue weighted by Crippen LogP contribution is -2.43. The fourth-order valence-corrected chi connectivity index (χ4v) is 4.24. The van der Waals surface area contributed by atoms with Crippen molar-refractivity contribution in [3.05, 3.63) is 64.2 Å². The van der Waals surface area contributed by atoms with Crippen molar-refractivity contribution in [1.82, 2.24) is 4.72 Å². The number of halogens is 1.